The van der Waals surface area contributed by atoms with Gasteiger partial charge in [0.2, 0.25) is 5.91 Å². The van der Waals surface area contributed by atoms with Crippen LogP contribution in [0.25, 0.3) is 0 Å². The van der Waals surface area contributed by atoms with Crippen molar-refractivity contribution in [2.24, 2.45) is 0 Å². The van der Waals surface area contributed by atoms with E-state index < -0.39 is 0 Å². The lowest BCUT2D eigenvalue weighted by molar-refractivity contribution is -0.116. The number of carbonyl (C=O) groups excluding carboxylic acids is 2. The van der Waals surface area contributed by atoms with Crippen LogP contribution in [0.4, 0.5) is 5.69 Å². The Kier molecular flexibility index (Phi) is 9.52. The summed E-state index contributed by atoms with van der Waals surface area (Å²) in [5, 5.41) is 5.82. The molecule has 0 saturated carbocycles. The zero-order valence-electron chi connectivity index (χ0n) is 19.8. The number of carbonyl (C=O) groups is 2. The van der Waals surface area contributed by atoms with Gasteiger partial charge in [-0.2, -0.15) is 0 Å². The van der Waals surface area contributed by atoms with Gasteiger partial charge >= 0.3 is 0 Å². The van der Waals surface area contributed by atoms with Crippen molar-refractivity contribution >= 4 is 17.5 Å². The molecule has 0 fully saturated rings. The first-order valence-electron chi connectivity index (χ1n) is 11.7. The molecule has 0 saturated heterocycles. The van der Waals surface area contributed by atoms with E-state index >= 15 is 0 Å². The number of ether oxygens (including phenoxy) is 2. The molecule has 0 atom stereocenters. The fraction of sp³-hybridized carbons (Fsp3) is 0.286. The molecule has 0 aliphatic rings. The number of hydrogen-bond acceptors (Lipinski definition) is 4. The fourth-order valence-corrected chi connectivity index (χ4v) is 3.57. The van der Waals surface area contributed by atoms with Crippen LogP contribution in [0.5, 0.6) is 11.5 Å². The van der Waals surface area contributed by atoms with Crippen LogP contribution < -0.4 is 20.1 Å². The molecule has 2 N–H and O–H groups in total. The van der Waals surface area contributed by atoms with Crippen LogP contribution in [0, 0.1) is 0 Å². The predicted molar refractivity (Wildman–Crippen MR) is 135 cm³/mol. The highest BCUT2D eigenvalue weighted by Crippen LogP contribution is 2.29. The number of anilines is 1. The van der Waals surface area contributed by atoms with Crippen molar-refractivity contribution < 1.29 is 19.1 Å². The van der Waals surface area contributed by atoms with E-state index in [1.807, 2.05) is 62.4 Å². The second kappa shape index (κ2) is 13.0. The van der Waals surface area contributed by atoms with Crippen molar-refractivity contribution in [3.63, 3.8) is 0 Å². The monoisotopic (exact) mass is 460 g/mol. The Morgan fingerprint density at radius 1 is 0.765 bits per heavy atom. The Bertz CT molecular complexity index is 1080. The molecule has 0 aliphatic carbocycles. The summed E-state index contributed by atoms with van der Waals surface area (Å²) in [7, 11) is 0. The van der Waals surface area contributed by atoms with Crippen LogP contribution >= 0.6 is 0 Å². The smallest absolute Gasteiger partial charge is 0.253 e. The Morgan fingerprint density at radius 2 is 1.47 bits per heavy atom. The van der Waals surface area contributed by atoms with E-state index in [9.17, 15) is 9.59 Å². The number of hydrogen-bond donors (Lipinski definition) is 2. The van der Waals surface area contributed by atoms with Crippen molar-refractivity contribution in [1.29, 1.82) is 0 Å². The highest BCUT2D eigenvalue weighted by atomic mass is 16.5. The van der Waals surface area contributed by atoms with Crippen LogP contribution in [0.3, 0.4) is 0 Å². The second-order valence-corrected chi connectivity index (χ2v) is 7.73. The predicted octanol–water partition coefficient (Wildman–Crippen LogP) is 5.03. The topological polar surface area (TPSA) is 76.7 Å². The van der Waals surface area contributed by atoms with E-state index in [4.69, 9.17) is 9.47 Å². The lowest BCUT2D eigenvalue weighted by Crippen LogP contribution is -2.27. The maximum atomic E-state index is 12.7. The van der Waals surface area contributed by atoms with Gasteiger partial charge in [-0.25, -0.2) is 0 Å². The SMILES string of the molecule is CCOc1ccc(CCC(=O)Nc2ccccc2C(=O)NCCc2ccccc2)cc1OCC. The normalized spacial score (nSPS) is 10.4. The lowest BCUT2D eigenvalue weighted by atomic mass is 10.1. The standard InChI is InChI=1S/C28H32N2O4/c1-3-33-25-16-14-22(20-26(25)34-4-2)15-17-27(31)30-24-13-9-8-12-23(24)28(32)29-19-18-21-10-6-5-7-11-21/h5-14,16,20H,3-4,15,17-19H2,1-2H3,(H,29,32)(H,30,31). The second-order valence-electron chi connectivity index (χ2n) is 7.73. The fourth-order valence-electron chi connectivity index (χ4n) is 3.57. The van der Waals surface area contributed by atoms with Crippen LogP contribution in [0.2, 0.25) is 0 Å². The molecule has 0 spiro atoms. The molecule has 6 heteroatoms. The van der Waals surface area contributed by atoms with Crippen molar-refractivity contribution in [1.82, 2.24) is 5.32 Å². The molecule has 2 amide bonds. The Labute approximate surface area is 201 Å². The average molecular weight is 461 g/mol. The van der Waals surface area contributed by atoms with Crippen molar-refractivity contribution in [3.05, 3.63) is 89.5 Å². The quantitative estimate of drug-likeness (QED) is 0.398. The molecule has 178 valence electrons. The summed E-state index contributed by atoms with van der Waals surface area (Å²) < 4.78 is 11.3. The van der Waals surface area contributed by atoms with Crippen molar-refractivity contribution in [3.8, 4) is 11.5 Å². The van der Waals surface area contributed by atoms with Gasteiger partial charge in [0.15, 0.2) is 11.5 Å². The summed E-state index contributed by atoms with van der Waals surface area (Å²) in [5.41, 5.74) is 3.09. The third-order valence-corrected chi connectivity index (χ3v) is 5.24. The molecule has 3 aromatic rings. The highest BCUT2D eigenvalue weighted by molar-refractivity contribution is 6.03. The Morgan fingerprint density at radius 3 is 2.24 bits per heavy atom. The van der Waals surface area contributed by atoms with Gasteiger partial charge in [0.1, 0.15) is 0 Å². The van der Waals surface area contributed by atoms with E-state index in [1.165, 1.54) is 0 Å². The first-order chi connectivity index (χ1) is 16.6. The summed E-state index contributed by atoms with van der Waals surface area (Å²) in [6.07, 6.45) is 1.57. The Hall–Kier alpha value is -3.80. The molecule has 0 aliphatic heterocycles. The van der Waals surface area contributed by atoms with Gasteiger partial charge < -0.3 is 20.1 Å². The third kappa shape index (κ3) is 7.37. The van der Waals surface area contributed by atoms with Crippen molar-refractivity contribution in [2.45, 2.75) is 33.1 Å². The molecule has 0 heterocycles. The molecule has 34 heavy (non-hydrogen) atoms. The van der Waals surface area contributed by atoms with Gasteiger partial charge in [-0.3, -0.25) is 9.59 Å². The molecule has 0 unspecified atom stereocenters. The summed E-state index contributed by atoms with van der Waals surface area (Å²) in [6.45, 7) is 5.46. The largest absolute Gasteiger partial charge is 0.490 e. The molecule has 0 radical (unpaired) electrons. The van der Waals surface area contributed by atoms with Gasteiger partial charge in [-0.15, -0.1) is 0 Å². The van der Waals surface area contributed by atoms with Gasteiger partial charge in [-0.05, 0) is 62.1 Å². The van der Waals surface area contributed by atoms with E-state index in [2.05, 4.69) is 10.6 Å². The number of amides is 2. The number of rotatable bonds is 12. The third-order valence-electron chi connectivity index (χ3n) is 5.24. The summed E-state index contributed by atoms with van der Waals surface area (Å²) >= 11 is 0. The van der Waals surface area contributed by atoms with Crippen LogP contribution in [-0.2, 0) is 17.6 Å². The zero-order valence-corrected chi connectivity index (χ0v) is 19.8. The molecule has 3 aromatic carbocycles. The van der Waals surface area contributed by atoms with E-state index in [0.717, 1.165) is 17.5 Å². The first-order valence-corrected chi connectivity index (χ1v) is 11.7. The highest BCUT2D eigenvalue weighted by Gasteiger charge is 2.13. The van der Waals surface area contributed by atoms with Crippen LogP contribution in [0.1, 0.15) is 41.8 Å². The molecular formula is C28H32N2O4. The van der Waals surface area contributed by atoms with E-state index in [0.29, 0.717) is 48.9 Å². The molecule has 0 bridgehead atoms. The lowest BCUT2D eigenvalue weighted by Gasteiger charge is -2.13. The maximum Gasteiger partial charge on any atom is 0.253 e. The van der Waals surface area contributed by atoms with Gasteiger partial charge in [0, 0.05) is 13.0 Å². The maximum absolute atomic E-state index is 12.7. The van der Waals surface area contributed by atoms with Crippen molar-refractivity contribution in [2.75, 3.05) is 25.1 Å². The molecular weight excluding hydrogens is 428 g/mol. The first kappa shape index (κ1) is 24.8. The minimum atomic E-state index is -0.209. The number of aryl methyl sites for hydroxylation is 1. The van der Waals surface area contributed by atoms with Gasteiger partial charge in [-0.1, -0.05) is 48.5 Å². The summed E-state index contributed by atoms with van der Waals surface area (Å²) in [5.74, 6) is 1.01. The number of nitrogens with one attached hydrogen (secondary N) is 2. The van der Waals surface area contributed by atoms with Crippen LogP contribution in [-0.4, -0.2) is 31.6 Å². The minimum Gasteiger partial charge on any atom is -0.490 e. The number of benzene rings is 3. The van der Waals surface area contributed by atoms with Gasteiger partial charge in [0.05, 0.1) is 24.5 Å². The van der Waals surface area contributed by atoms with E-state index in [-0.39, 0.29) is 18.2 Å². The van der Waals surface area contributed by atoms with E-state index in [1.54, 1.807) is 24.3 Å². The van der Waals surface area contributed by atoms with Crippen LogP contribution in [0.15, 0.2) is 72.8 Å². The average Bonchev–Trinajstić information content (AvgIpc) is 2.85. The minimum absolute atomic E-state index is 0.156. The summed E-state index contributed by atoms with van der Waals surface area (Å²) in [6, 6.07) is 22.8. The Balaban J connectivity index is 1.56. The molecule has 0 aromatic heterocycles. The molecule has 3 rings (SSSR count). The summed E-state index contributed by atoms with van der Waals surface area (Å²) in [4.78, 5) is 25.4. The zero-order chi connectivity index (χ0) is 24.2. The van der Waals surface area contributed by atoms with Gasteiger partial charge in [0.25, 0.3) is 5.91 Å². The molecule has 6 nitrogen and oxygen atoms in total. The number of para-hydroxylation sites is 1.